The highest BCUT2D eigenvalue weighted by Gasteiger charge is 2.42. The molecule has 0 saturated carbocycles. The zero-order valence-corrected chi connectivity index (χ0v) is 17.5. The van der Waals surface area contributed by atoms with E-state index in [1.165, 1.54) is 18.3 Å². The minimum atomic E-state index is -0.415. The Hall–Kier alpha value is -2.48. The molecule has 0 radical (unpaired) electrons. The molecule has 0 N–H and O–H groups in total. The van der Waals surface area contributed by atoms with Crippen LogP contribution in [0.15, 0.2) is 28.8 Å². The third-order valence-electron chi connectivity index (χ3n) is 6.40. The average Bonchev–Trinajstić information content (AvgIpc) is 3.29. The maximum Gasteiger partial charge on any atom is 0.297 e. The van der Waals surface area contributed by atoms with E-state index in [0.717, 1.165) is 44.7 Å². The molecule has 30 heavy (non-hydrogen) atoms. The summed E-state index contributed by atoms with van der Waals surface area (Å²) in [5.41, 5.74) is 0.315. The van der Waals surface area contributed by atoms with Crippen LogP contribution in [0.2, 0.25) is 0 Å². The first-order valence-corrected chi connectivity index (χ1v) is 10.5. The molecule has 1 atom stereocenters. The highest BCUT2D eigenvalue weighted by atomic mass is 19.1. The van der Waals surface area contributed by atoms with Gasteiger partial charge in [-0.15, -0.1) is 0 Å². The summed E-state index contributed by atoms with van der Waals surface area (Å²) in [6.45, 7) is 2.52. The maximum absolute atomic E-state index is 14.2. The number of rotatable bonds is 4. The molecule has 4 rings (SSSR count). The Morgan fingerprint density at radius 2 is 1.93 bits per heavy atom. The summed E-state index contributed by atoms with van der Waals surface area (Å²) in [6, 6.07) is 4.04. The Labute approximate surface area is 175 Å². The molecule has 1 amide bonds. The van der Waals surface area contributed by atoms with E-state index in [0.29, 0.717) is 31.2 Å². The van der Waals surface area contributed by atoms with Gasteiger partial charge in [0, 0.05) is 44.8 Å². The second-order valence-electron chi connectivity index (χ2n) is 8.53. The zero-order valence-electron chi connectivity index (χ0n) is 17.5. The second-order valence-corrected chi connectivity index (χ2v) is 8.53. The summed E-state index contributed by atoms with van der Waals surface area (Å²) in [6.07, 6.45) is 6.13. The van der Waals surface area contributed by atoms with E-state index >= 15 is 0 Å². The normalized spacial score (nSPS) is 22.5. The van der Waals surface area contributed by atoms with Crippen LogP contribution >= 0.6 is 0 Å². The Bertz CT molecular complexity index is 916. The number of nitrogens with zero attached hydrogens (tertiary/aromatic N) is 4. The third-order valence-corrected chi connectivity index (χ3v) is 6.40. The van der Waals surface area contributed by atoms with Gasteiger partial charge in [-0.2, -0.15) is 0 Å². The SMILES string of the molecule is CN(C)c1ncc(C(=O)N2CCCC3(CCCN3Cc3cc(F)ccc3F)CC2)o1. The van der Waals surface area contributed by atoms with Crippen molar-refractivity contribution in [3.05, 3.63) is 47.4 Å². The Balaban J connectivity index is 1.46. The van der Waals surface area contributed by atoms with Crippen LogP contribution in [0, 0.1) is 11.6 Å². The van der Waals surface area contributed by atoms with Gasteiger partial charge in [0.05, 0.1) is 6.20 Å². The number of benzene rings is 1. The number of amides is 1. The number of carbonyl (C=O) groups excluding carboxylic acids is 1. The van der Waals surface area contributed by atoms with Crippen molar-refractivity contribution in [3.63, 3.8) is 0 Å². The molecule has 2 aliphatic rings. The van der Waals surface area contributed by atoms with Gasteiger partial charge in [-0.05, 0) is 56.8 Å². The number of hydrogen-bond acceptors (Lipinski definition) is 5. The predicted molar refractivity (Wildman–Crippen MR) is 109 cm³/mol. The smallest absolute Gasteiger partial charge is 0.297 e. The van der Waals surface area contributed by atoms with Crippen LogP contribution in [0.3, 0.4) is 0 Å². The van der Waals surface area contributed by atoms with Gasteiger partial charge in [0.15, 0.2) is 0 Å². The van der Waals surface area contributed by atoms with Gasteiger partial charge in [0.25, 0.3) is 11.9 Å². The van der Waals surface area contributed by atoms with E-state index in [1.807, 2.05) is 19.0 Å². The summed E-state index contributed by atoms with van der Waals surface area (Å²) in [4.78, 5) is 22.9. The van der Waals surface area contributed by atoms with Gasteiger partial charge in [0.2, 0.25) is 5.76 Å². The molecule has 2 fully saturated rings. The molecule has 1 aromatic carbocycles. The first kappa shape index (κ1) is 20.8. The lowest BCUT2D eigenvalue weighted by Crippen LogP contribution is -2.44. The molecule has 6 nitrogen and oxygen atoms in total. The number of carbonyl (C=O) groups is 1. The van der Waals surface area contributed by atoms with Gasteiger partial charge in [-0.3, -0.25) is 9.69 Å². The van der Waals surface area contributed by atoms with Crippen molar-refractivity contribution in [2.45, 2.75) is 44.2 Å². The molecule has 1 unspecified atom stereocenters. The van der Waals surface area contributed by atoms with Gasteiger partial charge in [-0.1, -0.05) is 0 Å². The summed E-state index contributed by atoms with van der Waals surface area (Å²) < 4.78 is 33.4. The second kappa shape index (κ2) is 8.34. The number of aromatic nitrogens is 1. The quantitative estimate of drug-likeness (QED) is 0.758. The molecule has 162 valence electrons. The van der Waals surface area contributed by atoms with Crippen molar-refractivity contribution in [1.29, 1.82) is 0 Å². The van der Waals surface area contributed by atoms with Gasteiger partial charge in [-0.25, -0.2) is 13.8 Å². The summed E-state index contributed by atoms with van der Waals surface area (Å²) in [5.74, 6) is -0.680. The minimum absolute atomic E-state index is 0.0794. The van der Waals surface area contributed by atoms with Crippen molar-refractivity contribution in [1.82, 2.24) is 14.8 Å². The standard InChI is InChI=1S/C22H28F2N4O2/c1-26(2)21-25-14-19(30-21)20(29)27-10-3-7-22(9-12-27)8-4-11-28(22)15-16-13-17(23)5-6-18(16)24/h5-6,13-14H,3-4,7-12,15H2,1-2H3. The lowest BCUT2D eigenvalue weighted by Gasteiger charge is -2.38. The molecule has 1 aromatic heterocycles. The molecule has 8 heteroatoms. The third kappa shape index (κ3) is 4.05. The molecule has 2 saturated heterocycles. The van der Waals surface area contributed by atoms with Crippen LogP contribution in [0.1, 0.15) is 48.2 Å². The molecule has 0 bridgehead atoms. The van der Waals surface area contributed by atoms with E-state index in [1.54, 1.807) is 4.90 Å². The van der Waals surface area contributed by atoms with E-state index in [9.17, 15) is 13.6 Å². The number of likely N-dealkylation sites (tertiary alicyclic amines) is 2. The van der Waals surface area contributed by atoms with Crippen molar-refractivity contribution in [2.24, 2.45) is 0 Å². The molecule has 2 aromatic rings. The van der Waals surface area contributed by atoms with E-state index in [-0.39, 0.29) is 23.0 Å². The summed E-state index contributed by atoms with van der Waals surface area (Å²) in [5, 5.41) is 0. The fraction of sp³-hybridized carbons (Fsp3) is 0.545. The van der Waals surface area contributed by atoms with Crippen LogP contribution < -0.4 is 4.90 Å². The van der Waals surface area contributed by atoms with Gasteiger partial charge < -0.3 is 14.2 Å². The summed E-state index contributed by atoms with van der Waals surface area (Å²) >= 11 is 0. The van der Waals surface area contributed by atoms with Crippen molar-refractivity contribution in [2.75, 3.05) is 38.6 Å². The van der Waals surface area contributed by atoms with Gasteiger partial charge >= 0.3 is 0 Å². The van der Waals surface area contributed by atoms with E-state index in [2.05, 4.69) is 9.88 Å². The summed E-state index contributed by atoms with van der Waals surface area (Å²) in [7, 11) is 3.62. The van der Waals surface area contributed by atoms with Crippen LogP contribution in [-0.4, -0.2) is 60.0 Å². The number of hydrogen-bond donors (Lipinski definition) is 0. The lowest BCUT2D eigenvalue weighted by molar-refractivity contribution is 0.0707. The Morgan fingerprint density at radius 1 is 1.17 bits per heavy atom. The Morgan fingerprint density at radius 3 is 2.67 bits per heavy atom. The van der Waals surface area contributed by atoms with Gasteiger partial charge in [0.1, 0.15) is 11.6 Å². The fourth-order valence-electron chi connectivity index (χ4n) is 4.79. The topological polar surface area (TPSA) is 52.8 Å². The first-order valence-electron chi connectivity index (χ1n) is 10.5. The molecular weight excluding hydrogens is 390 g/mol. The maximum atomic E-state index is 14.2. The highest BCUT2D eigenvalue weighted by molar-refractivity contribution is 5.91. The number of halogens is 2. The van der Waals surface area contributed by atoms with Crippen molar-refractivity contribution in [3.8, 4) is 0 Å². The van der Waals surface area contributed by atoms with E-state index < -0.39 is 5.82 Å². The zero-order chi connectivity index (χ0) is 21.3. The van der Waals surface area contributed by atoms with Crippen LogP contribution in [0.25, 0.3) is 0 Å². The van der Waals surface area contributed by atoms with E-state index in [4.69, 9.17) is 4.42 Å². The average molecular weight is 418 g/mol. The van der Waals surface area contributed by atoms with Crippen LogP contribution in [-0.2, 0) is 6.54 Å². The number of anilines is 1. The highest BCUT2D eigenvalue weighted by Crippen LogP contribution is 2.39. The minimum Gasteiger partial charge on any atom is -0.418 e. The molecule has 3 heterocycles. The van der Waals surface area contributed by atoms with Crippen molar-refractivity contribution < 1.29 is 18.0 Å². The monoisotopic (exact) mass is 418 g/mol. The first-order chi connectivity index (χ1) is 14.4. The predicted octanol–water partition coefficient (Wildman–Crippen LogP) is 3.68. The van der Waals surface area contributed by atoms with Crippen molar-refractivity contribution >= 4 is 11.9 Å². The molecule has 2 aliphatic heterocycles. The van der Waals surface area contributed by atoms with Crippen LogP contribution in [0.4, 0.5) is 14.8 Å². The lowest BCUT2D eigenvalue weighted by atomic mass is 9.87. The fourth-order valence-corrected chi connectivity index (χ4v) is 4.79. The Kier molecular flexibility index (Phi) is 5.77. The number of oxazole rings is 1. The largest absolute Gasteiger partial charge is 0.418 e. The molecular formula is C22H28F2N4O2. The molecule has 0 aliphatic carbocycles. The van der Waals surface area contributed by atoms with Crippen LogP contribution in [0.5, 0.6) is 0 Å². The molecule has 1 spiro atoms.